The number of hydrogen-bond donors (Lipinski definition) is 3. The summed E-state index contributed by atoms with van der Waals surface area (Å²) in [4.78, 5) is 22.5. The highest BCUT2D eigenvalue weighted by Gasteiger charge is 2.23. The van der Waals surface area contributed by atoms with Crippen LogP contribution in [0.15, 0.2) is 0 Å². The van der Waals surface area contributed by atoms with E-state index in [2.05, 4.69) is 10.6 Å². The van der Waals surface area contributed by atoms with Crippen LogP contribution in [0.5, 0.6) is 0 Å². The number of hydrogen-bond acceptors (Lipinski definition) is 3. The Morgan fingerprint density at radius 3 is 2.81 bits per heavy atom. The van der Waals surface area contributed by atoms with Gasteiger partial charge < -0.3 is 15.7 Å². The summed E-state index contributed by atoms with van der Waals surface area (Å²) in [5.74, 6) is -1.36. The molecule has 1 fully saturated rings. The van der Waals surface area contributed by atoms with Crippen molar-refractivity contribution in [2.75, 3.05) is 13.1 Å². The predicted octanol–water partition coefficient (Wildman–Crippen LogP) is 0.356. The molecule has 0 spiro atoms. The second-order valence-electron chi connectivity index (χ2n) is 4.22. The van der Waals surface area contributed by atoms with Crippen LogP contribution in [-0.4, -0.2) is 36.1 Å². The van der Waals surface area contributed by atoms with Crippen LogP contribution in [0.2, 0.25) is 0 Å². The number of carbonyl (C=O) groups is 2. The van der Waals surface area contributed by atoms with Crippen LogP contribution in [0.25, 0.3) is 0 Å². The first-order chi connectivity index (χ1) is 7.65. The van der Waals surface area contributed by atoms with Crippen LogP contribution in [0, 0.1) is 5.92 Å². The number of aliphatic carboxylic acids is 1. The average molecular weight is 228 g/mol. The van der Waals surface area contributed by atoms with Crippen LogP contribution in [0.1, 0.15) is 32.6 Å². The molecular formula is C11H20N2O3. The van der Waals surface area contributed by atoms with Gasteiger partial charge in [-0.3, -0.25) is 9.59 Å². The van der Waals surface area contributed by atoms with Gasteiger partial charge in [0.2, 0.25) is 5.91 Å². The minimum atomic E-state index is -0.832. The van der Waals surface area contributed by atoms with Gasteiger partial charge in [-0.15, -0.1) is 0 Å². The standard InChI is InChI=1S/C11H20N2O3/c1-2-4-8(11(15)16)7-13-10(14)9-5-3-6-12-9/h8-9,12H,2-7H2,1H3,(H,13,14)(H,15,16). The Morgan fingerprint density at radius 1 is 1.56 bits per heavy atom. The van der Waals surface area contributed by atoms with Crippen LogP contribution >= 0.6 is 0 Å². The van der Waals surface area contributed by atoms with E-state index in [1.165, 1.54) is 0 Å². The van der Waals surface area contributed by atoms with E-state index in [1.54, 1.807) is 0 Å². The molecule has 1 aliphatic rings. The van der Waals surface area contributed by atoms with Gasteiger partial charge in [0, 0.05) is 6.54 Å². The molecular weight excluding hydrogens is 208 g/mol. The van der Waals surface area contributed by atoms with Gasteiger partial charge >= 0.3 is 5.97 Å². The third kappa shape index (κ3) is 3.81. The summed E-state index contributed by atoms with van der Waals surface area (Å²) in [7, 11) is 0. The number of carboxylic acid groups (broad SMARTS) is 1. The zero-order chi connectivity index (χ0) is 12.0. The normalized spacial score (nSPS) is 21.7. The Labute approximate surface area is 95.6 Å². The van der Waals surface area contributed by atoms with E-state index in [1.807, 2.05) is 6.92 Å². The second-order valence-corrected chi connectivity index (χ2v) is 4.22. The van der Waals surface area contributed by atoms with E-state index >= 15 is 0 Å². The molecule has 5 nitrogen and oxygen atoms in total. The Hall–Kier alpha value is -1.10. The number of carbonyl (C=O) groups excluding carboxylic acids is 1. The number of nitrogens with one attached hydrogen (secondary N) is 2. The van der Waals surface area contributed by atoms with Gasteiger partial charge in [0.05, 0.1) is 12.0 Å². The Bertz CT molecular complexity index is 250. The maximum absolute atomic E-state index is 11.6. The summed E-state index contributed by atoms with van der Waals surface area (Å²) in [6, 6.07) is -0.129. The molecule has 0 aromatic heterocycles. The van der Waals surface area contributed by atoms with E-state index in [0.29, 0.717) is 6.42 Å². The molecule has 16 heavy (non-hydrogen) atoms. The molecule has 0 aliphatic carbocycles. The molecule has 2 atom stereocenters. The zero-order valence-corrected chi connectivity index (χ0v) is 9.66. The van der Waals surface area contributed by atoms with Gasteiger partial charge in [-0.05, 0) is 25.8 Å². The summed E-state index contributed by atoms with van der Waals surface area (Å²) < 4.78 is 0. The van der Waals surface area contributed by atoms with Crippen molar-refractivity contribution >= 4 is 11.9 Å². The van der Waals surface area contributed by atoms with Gasteiger partial charge in [-0.1, -0.05) is 13.3 Å². The molecule has 92 valence electrons. The first kappa shape index (κ1) is 13.0. The molecule has 1 amide bonds. The quantitative estimate of drug-likeness (QED) is 0.613. The van der Waals surface area contributed by atoms with Crippen molar-refractivity contribution in [2.24, 2.45) is 5.92 Å². The van der Waals surface area contributed by atoms with E-state index in [4.69, 9.17) is 5.11 Å². The molecule has 1 saturated heterocycles. The van der Waals surface area contributed by atoms with E-state index < -0.39 is 11.9 Å². The van der Waals surface area contributed by atoms with Crippen molar-refractivity contribution in [1.82, 2.24) is 10.6 Å². The first-order valence-electron chi connectivity index (χ1n) is 5.89. The fourth-order valence-electron chi connectivity index (χ4n) is 1.92. The maximum Gasteiger partial charge on any atom is 0.308 e. The molecule has 3 N–H and O–H groups in total. The predicted molar refractivity (Wildman–Crippen MR) is 60.1 cm³/mol. The van der Waals surface area contributed by atoms with Crippen LogP contribution in [0.4, 0.5) is 0 Å². The van der Waals surface area contributed by atoms with Gasteiger partial charge in [0.15, 0.2) is 0 Å². The van der Waals surface area contributed by atoms with Gasteiger partial charge in [0.25, 0.3) is 0 Å². The monoisotopic (exact) mass is 228 g/mol. The highest BCUT2D eigenvalue weighted by atomic mass is 16.4. The lowest BCUT2D eigenvalue weighted by atomic mass is 10.0. The van der Waals surface area contributed by atoms with Gasteiger partial charge in [-0.2, -0.15) is 0 Å². The van der Waals surface area contributed by atoms with Crippen LogP contribution in [-0.2, 0) is 9.59 Å². The zero-order valence-electron chi connectivity index (χ0n) is 9.66. The molecule has 1 rings (SSSR count). The first-order valence-corrected chi connectivity index (χ1v) is 5.89. The minimum Gasteiger partial charge on any atom is -0.481 e. The summed E-state index contributed by atoms with van der Waals surface area (Å²) in [5.41, 5.74) is 0. The van der Waals surface area contributed by atoms with Crippen molar-refractivity contribution in [3.8, 4) is 0 Å². The molecule has 5 heteroatoms. The van der Waals surface area contributed by atoms with Crippen LogP contribution in [0.3, 0.4) is 0 Å². The lowest BCUT2D eigenvalue weighted by Gasteiger charge is -2.15. The molecule has 0 radical (unpaired) electrons. The maximum atomic E-state index is 11.6. The molecule has 2 unspecified atom stereocenters. The van der Waals surface area contributed by atoms with Crippen molar-refractivity contribution < 1.29 is 14.7 Å². The summed E-state index contributed by atoms with van der Waals surface area (Å²) in [6.45, 7) is 3.05. The molecule has 1 aliphatic heterocycles. The minimum absolute atomic E-state index is 0.0696. The third-order valence-electron chi connectivity index (χ3n) is 2.89. The fraction of sp³-hybridized carbons (Fsp3) is 0.818. The van der Waals surface area contributed by atoms with Crippen molar-refractivity contribution in [1.29, 1.82) is 0 Å². The fourth-order valence-corrected chi connectivity index (χ4v) is 1.92. The molecule has 0 aromatic rings. The smallest absolute Gasteiger partial charge is 0.308 e. The summed E-state index contributed by atoms with van der Waals surface area (Å²) in [5, 5.41) is 14.7. The lowest BCUT2D eigenvalue weighted by molar-refractivity contribution is -0.142. The second kappa shape index (κ2) is 6.48. The number of rotatable bonds is 6. The van der Waals surface area contributed by atoms with Crippen LogP contribution < -0.4 is 10.6 Å². The number of carboxylic acids is 1. The lowest BCUT2D eigenvalue weighted by Crippen LogP contribution is -2.43. The third-order valence-corrected chi connectivity index (χ3v) is 2.89. The molecule has 1 heterocycles. The highest BCUT2D eigenvalue weighted by Crippen LogP contribution is 2.07. The largest absolute Gasteiger partial charge is 0.481 e. The topological polar surface area (TPSA) is 78.4 Å². The number of amides is 1. The van der Waals surface area contributed by atoms with E-state index in [0.717, 1.165) is 25.8 Å². The molecule has 0 bridgehead atoms. The van der Waals surface area contributed by atoms with Crippen molar-refractivity contribution in [2.45, 2.75) is 38.6 Å². The van der Waals surface area contributed by atoms with E-state index in [-0.39, 0.29) is 18.5 Å². The summed E-state index contributed by atoms with van der Waals surface area (Å²) >= 11 is 0. The SMILES string of the molecule is CCCC(CNC(=O)C1CCCN1)C(=O)O. The van der Waals surface area contributed by atoms with Gasteiger partial charge in [0.1, 0.15) is 0 Å². The Kier molecular flexibility index (Phi) is 5.25. The van der Waals surface area contributed by atoms with E-state index in [9.17, 15) is 9.59 Å². The molecule has 0 saturated carbocycles. The average Bonchev–Trinajstić information content (AvgIpc) is 2.76. The van der Waals surface area contributed by atoms with Gasteiger partial charge in [-0.25, -0.2) is 0 Å². The summed E-state index contributed by atoms with van der Waals surface area (Å²) in [6.07, 6.45) is 3.27. The van der Waals surface area contributed by atoms with Crippen molar-refractivity contribution in [3.05, 3.63) is 0 Å². The molecule has 0 aromatic carbocycles. The highest BCUT2D eigenvalue weighted by molar-refractivity contribution is 5.82. The Morgan fingerprint density at radius 2 is 2.31 bits per heavy atom. The van der Waals surface area contributed by atoms with Crippen molar-refractivity contribution in [3.63, 3.8) is 0 Å². The Balaban J connectivity index is 2.30.